The number of ether oxygens (including phenoxy) is 2. The molecule has 0 aliphatic carbocycles. The zero-order valence-corrected chi connectivity index (χ0v) is 18.2. The average molecular weight is 464 g/mol. The molecule has 7 heteroatoms. The van der Waals surface area contributed by atoms with Gasteiger partial charge in [-0.25, -0.2) is 4.99 Å². The molecular formula is C18H33IN4O2. The Labute approximate surface area is 169 Å². The van der Waals surface area contributed by atoms with Crippen molar-refractivity contribution in [3.8, 4) is 5.75 Å². The average Bonchev–Trinajstić information content (AvgIpc) is 2.57. The Kier molecular flexibility index (Phi) is 14.6. The summed E-state index contributed by atoms with van der Waals surface area (Å²) in [7, 11) is 4.08. The number of nitrogens with zero attached hydrogens (tertiary/aromatic N) is 2. The molecule has 0 bridgehead atoms. The Morgan fingerprint density at radius 2 is 1.88 bits per heavy atom. The molecule has 0 saturated carbocycles. The van der Waals surface area contributed by atoms with Crippen molar-refractivity contribution < 1.29 is 9.47 Å². The number of hydrogen-bond acceptors (Lipinski definition) is 4. The molecule has 0 saturated heterocycles. The summed E-state index contributed by atoms with van der Waals surface area (Å²) < 4.78 is 11.2. The Bertz CT molecular complexity index is 484. The normalized spacial score (nSPS) is 11.2. The molecule has 2 N–H and O–H groups in total. The van der Waals surface area contributed by atoms with Gasteiger partial charge in [0.05, 0.1) is 13.2 Å². The smallest absolute Gasteiger partial charge is 0.191 e. The van der Waals surface area contributed by atoms with Crippen LogP contribution in [0, 0.1) is 0 Å². The van der Waals surface area contributed by atoms with Gasteiger partial charge in [-0.15, -0.1) is 24.0 Å². The molecule has 0 atom stereocenters. The predicted octanol–water partition coefficient (Wildman–Crippen LogP) is 2.34. The van der Waals surface area contributed by atoms with Crippen LogP contribution in [-0.2, 0) is 11.3 Å². The Hall–Kier alpha value is -1.06. The maximum atomic E-state index is 5.88. The van der Waals surface area contributed by atoms with Gasteiger partial charge < -0.3 is 25.0 Å². The molecule has 0 aliphatic rings. The Morgan fingerprint density at radius 3 is 2.56 bits per heavy atom. The number of benzene rings is 1. The van der Waals surface area contributed by atoms with Crippen LogP contribution in [0.15, 0.2) is 29.3 Å². The first kappa shape index (κ1) is 23.9. The van der Waals surface area contributed by atoms with Gasteiger partial charge in [-0.3, -0.25) is 0 Å². The highest BCUT2D eigenvalue weighted by atomic mass is 127. The Balaban J connectivity index is 0.00000576. The third kappa shape index (κ3) is 11.2. The molecular weight excluding hydrogens is 431 g/mol. The van der Waals surface area contributed by atoms with Gasteiger partial charge >= 0.3 is 0 Å². The van der Waals surface area contributed by atoms with Crippen molar-refractivity contribution in [2.24, 2.45) is 4.99 Å². The second-order valence-electron chi connectivity index (χ2n) is 5.58. The lowest BCUT2D eigenvalue weighted by atomic mass is 10.2. The van der Waals surface area contributed by atoms with E-state index in [-0.39, 0.29) is 24.0 Å². The molecule has 0 heterocycles. The van der Waals surface area contributed by atoms with E-state index < -0.39 is 0 Å². The standard InChI is InChI=1S/C18H32N4O2.HI/c1-5-19-18(20-11-13-23-6-2)21-15-16-9-7-8-10-17(16)24-14-12-22(3)4;/h7-10H,5-6,11-15H2,1-4H3,(H2,19,20,21);1H. The number of nitrogens with one attached hydrogen (secondary N) is 2. The van der Waals surface area contributed by atoms with Crippen molar-refractivity contribution >= 4 is 29.9 Å². The van der Waals surface area contributed by atoms with E-state index in [1.165, 1.54) is 0 Å². The van der Waals surface area contributed by atoms with Crippen molar-refractivity contribution in [3.05, 3.63) is 29.8 Å². The summed E-state index contributed by atoms with van der Waals surface area (Å²) in [6, 6.07) is 8.05. The summed E-state index contributed by atoms with van der Waals surface area (Å²) in [6.07, 6.45) is 0. The quantitative estimate of drug-likeness (QED) is 0.228. The van der Waals surface area contributed by atoms with Crippen LogP contribution >= 0.6 is 24.0 Å². The van der Waals surface area contributed by atoms with Crippen molar-refractivity contribution in [3.63, 3.8) is 0 Å². The van der Waals surface area contributed by atoms with E-state index in [0.717, 1.165) is 43.5 Å². The lowest BCUT2D eigenvalue weighted by Crippen LogP contribution is -2.39. The molecule has 0 unspecified atom stereocenters. The van der Waals surface area contributed by atoms with Gasteiger partial charge in [0, 0.05) is 31.8 Å². The summed E-state index contributed by atoms with van der Waals surface area (Å²) in [5.41, 5.74) is 1.08. The molecule has 0 amide bonds. The van der Waals surface area contributed by atoms with Crippen LogP contribution in [0.1, 0.15) is 19.4 Å². The Morgan fingerprint density at radius 1 is 1.12 bits per heavy atom. The van der Waals surface area contributed by atoms with Crippen LogP contribution in [0.5, 0.6) is 5.75 Å². The molecule has 1 rings (SSSR count). The minimum atomic E-state index is 0. The monoisotopic (exact) mass is 464 g/mol. The summed E-state index contributed by atoms with van der Waals surface area (Å²) >= 11 is 0. The van der Waals surface area contributed by atoms with Gasteiger partial charge in [0.2, 0.25) is 0 Å². The highest BCUT2D eigenvalue weighted by molar-refractivity contribution is 14.0. The minimum Gasteiger partial charge on any atom is -0.492 e. The van der Waals surface area contributed by atoms with E-state index >= 15 is 0 Å². The second-order valence-corrected chi connectivity index (χ2v) is 5.58. The fraction of sp³-hybridized carbons (Fsp3) is 0.611. The highest BCUT2D eigenvalue weighted by Crippen LogP contribution is 2.18. The lowest BCUT2D eigenvalue weighted by Gasteiger charge is -2.14. The van der Waals surface area contributed by atoms with E-state index in [2.05, 4.69) is 33.5 Å². The molecule has 1 aromatic rings. The zero-order chi connectivity index (χ0) is 17.6. The minimum absolute atomic E-state index is 0. The van der Waals surface area contributed by atoms with Gasteiger partial charge in [0.15, 0.2) is 5.96 Å². The first-order valence-electron chi connectivity index (χ1n) is 8.62. The van der Waals surface area contributed by atoms with Crippen molar-refractivity contribution in [2.45, 2.75) is 20.4 Å². The number of aliphatic imine (C=N–C) groups is 1. The van der Waals surface area contributed by atoms with Crippen LogP contribution in [0.2, 0.25) is 0 Å². The number of halogens is 1. The first-order valence-corrected chi connectivity index (χ1v) is 8.62. The maximum absolute atomic E-state index is 5.88. The maximum Gasteiger partial charge on any atom is 0.191 e. The summed E-state index contributed by atoms with van der Waals surface area (Å²) in [6.45, 7) is 9.13. The van der Waals surface area contributed by atoms with E-state index in [1.807, 2.05) is 39.2 Å². The van der Waals surface area contributed by atoms with E-state index in [1.54, 1.807) is 0 Å². The van der Waals surface area contributed by atoms with Gasteiger partial charge in [-0.2, -0.15) is 0 Å². The lowest BCUT2D eigenvalue weighted by molar-refractivity contribution is 0.152. The van der Waals surface area contributed by atoms with Crippen LogP contribution in [0.3, 0.4) is 0 Å². The first-order chi connectivity index (χ1) is 11.7. The van der Waals surface area contributed by atoms with Gasteiger partial charge in [0.1, 0.15) is 12.4 Å². The van der Waals surface area contributed by atoms with Crippen molar-refractivity contribution in [1.82, 2.24) is 15.5 Å². The van der Waals surface area contributed by atoms with E-state index in [9.17, 15) is 0 Å². The topological polar surface area (TPSA) is 58.1 Å². The molecule has 1 aromatic carbocycles. The summed E-state index contributed by atoms with van der Waals surface area (Å²) in [5, 5.41) is 6.51. The third-order valence-electron chi connectivity index (χ3n) is 3.26. The second kappa shape index (κ2) is 15.2. The number of hydrogen-bond donors (Lipinski definition) is 2. The third-order valence-corrected chi connectivity index (χ3v) is 3.26. The van der Waals surface area contributed by atoms with E-state index in [4.69, 9.17) is 9.47 Å². The molecule has 0 aliphatic heterocycles. The van der Waals surface area contributed by atoms with Crippen molar-refractivity contribution in [2.75, 3.05) is 53.6 Å². The fourth-order valence-electron chi connectivity index (χ4n) is 2.01. The molecule has 25 heavy (non-hydrogen) atoms. The number of likely N-dealkylation sites (N-methyl/N-ethyl adjacent to an activating group) is 1. The fourth-order valence-corrected chi connectivity index (χ4v) is 2.01. The summed E-state index contributed by atoms with van der Waals surface area (Å²) in [5.74, 6) is 1.69. The molecule has 0 aromatic heterocycles. The van der Waals surface area contributed by atoms with Crippen LogP contribution < -0.4 is 15.4 Å². The molecule has 0 radical (unpaired) electrons. The van der Waals surface area contributed by atoms with Gasteiger partial charge in [-0.05, 0) is 34.0 Å². The largest absolute Gasteiger partial charge is 0.492 e. The van der Waals surface area contributed by atoms with Gasteiger partial charge in [-0.1, -0.05) is 18.2 Å². The van der Waals surface area contributed by atoms with Gasteiger partial charge in [0.25, 0.3) is 0 Å². The van der Waals surface area contributed by atoms with Crippen molar-refractivity contribution in [1.29, 1.82) is 0 Å². The number of rotatable bonds is 11. The van der Waals surface area contributed by atoms with Crippen LogP contribution in [0.25, 0.3) is 0 Å². The van der Waals surface area contributed by atoms with Crippen LogP contribution in [-0.4, -0.2) is 64.4 Å². The zero-order valence-electron chi connectivity index (χ0n) is 15.9. The molecule has 0 fully saturated rings. The molecule has 6 nitrogen and oxygen atoms in total. The molecule has 0 spiro atoms. The van der Waals surface area contributed by atoms with Crippen LogP contribution in [0.4, 0.5) is 0 Å². The molecule has 144 valence electrons. The highest BCUT2D eigenvalue weighted by Gasteiger charge is 2.04. The number of guanidine groups is 1. The predicted molar refractivity (Wildman–Crippen MR) is 115 cm³/mol. The number of para-hydroxylation sites is 1. The SMILES string of the molecule is CCNC(=NCc1ccccc1OCCN(C)C)NCCOCC.I. The summed E-state index contributed by atoms with van der Waals surface area (Å²) in [4.78, 5) is 6.74. The van der Waals surface area contributed by atoms with E-state index in [0.29, 0.717) is 19.8 Å².